The maximum absolute atomic E-state index is 12.0. The van der Waals surface area contributed by atoms with Crippen LogP contribution in [0.15, 0.2) is 60.8 Å². The lowest BCUT2D eigenvalue weighted by molar-refractivity contribution is -0.118. The van der Waals surface area contributed by atoms with Crippen molar-refractivity contribution in [2.75, 3.05) is 11.9 Å². The second kappa shape index (κ2) is 8.21. The van der Waals surface area contributed by atoms with E-state index in [1.54, 1.807) is 30.5 Å². The average molecular weight is 352 g/mol. The molecule has 1 N–H and O–H groups in total. The van der Waals surface area contributed by atoms with Crippen molar-refractivity contribution < 1.29 is 14.3 Å². The molecule has 2 aromatic carbocycles. The lowest BCUT2D eigenvalue weighted by Gasteiger charge is -2.07. The van der Waals surface area contributed by atoms with Crippen molar-refractivity contribution in [3.8, 4) is 5.75 Å². The summed E-state index contributed by atoms with van der Waals surface area (Å²) in [4.78, 5) is 28.2. The molecule has 0 spiro atoms. The Balaban J connectivity index is 1.54. The van der Waals surface area contributed by atoms with Gasteiger partial charge in [-0.25, -0.2) is 4.98 Å². The number of anilines is 1. The third-order valence-corrected chi connectivity index (χ3v) is 4.34. The Labute approximate surface area is 149 Å². The summed E-state index contributed by atoms with van der Waals surface area (Å²) in [6, 6.07) is 16.8. The first-order chi connectivity index (χ1) is 12.2. The first-order valence-electron chi connectivity index (χ1n) is 7.70. The molecule has 0 saturated carbocycles. The normalized spacial score (nSPS) is 10.2. The standard InChI is InChI=1S/C19H16N2O3S/c22-12-15-8-4-5-9-17(15)24-13-18(23)21-19-20-11-16(25-19)10-14-6-2-1-3-7-14/h1-9,11-12H,10,13H2,(H,20,21,23). The number of thiazole rings is 1. The highest BCUT2D eigenvalue weighted by Crippen LogP contribution is 2.21. The first-order valence-corrected chi connectivity index (χ1v) is 8.52. The summed E-state index contributed by atoms with van der Waals surface area (Å²) in [7, 11) is 0. The molecule has 0 aliphatic heterocycles. The van der Waals surface area contributed by atoms with E-state index >= 15 is 0 Å². The van der Waals surface area contributed by atoms with Gasteiger partial charge in [0, 0.05) is 17.5 Å². The fraction of sp³-hybridized carbons (Fsp3) is 0.105. The molecule has 3 rings (SSSR count). The number of aldehydes is 1. The van der Waals surface area contributed by atoms with Gasteiger partial charge in [-0.05, 0) is 17.7 Å². The van der Waals surface area contributed by atoms with E-state index in [4.69, 9.17) is 4.74 Å². The average Bonchev–Trinajstić information content (AvgIpc) is 3.07. The van der Waals surface area contributed by atoms with Gasteiger partial charge in [0.2, 0.25) is 0 Å². The quantitative estimate of drug-likeness (QED) is 0.660. The lowest BCUT2D eigenvalue weighted by atomic mass is 10.1. The van der Waals surface area contributed by atoms with Crippen molar-refractivity contribution in [3.63, 3.8) is 0 Å². The molecular weight excluding hydrogens is 336 g/mol. The van der Waals surface area contributed by atoms with Gasteiger partial charge in [0.05, 0.1) is 5.56 Å². The molecule has 126 valence electrons. The molecule has 0 atom stereocenters. The van der Waals surface area contributed by atoms with E-state index in [1.165, 1.54) is 16.9 Å². The number of ether oxygens (including phenoxy) is 1. The highest BCUT2D eigenvalue weighted by Gasteiger charge is 2.09. The number of amides is 1. The molecule has 0 unspecified atom stereocenters. The predicted molar refractivity (Wildman–Crippen MR) is 97.3 cm³/mol. The molecule has 6 heteroatoms. The van der Waals surface area contributed by atoms with Crippen molar-refractivity contribution in [3.05, 3.63) is 76.8 Å². The molecule has 0 radical (unpaired) electrons. The van der Waals surface area contributed by atoms with Crippen molar-refractivity contribution in [1.29, 1.82) is 0 Å². The summed E-state index contributed by atoms with van der Waals surface area (Å²) in [5, 5.41) is 3.24. The maximum atomic E-state index is 12.0. The van der Waals surface area contributed by atoms with Gasteiger partial charge < -0.3 is 4.74 Å². The summed E-state index contributed by atoms with van der Waals surface area (Å²) in [6.45, 7) is -0.182. The van der Waals surface area contributed by atoms with Crippen LogP contribution < -0.4 is 10.1 Å². The molecule has 1 amide bonds. The van der Waals surface area contributed by atoms with Crippen LogP contribution in [0.4, 0.5) is 5.13 Å². The third-order valence-electron chi connectivity index (χ3n) is 3.43. The van der Waals surface area contributed by atoms with E-state index in [0.29, 0.717) is 22.7 Å². The van der Waals surface area contributed by atoms with Crippen molar-refractivity contribution in [2.45, 2.75) is 6.42 Å². The monoisotopic (exact) mass is 352 g/mol. The SMILES string of the molecule is O=Cc1ccccc1OCC(=O)Nc1ncc(Cc2ccccc2)s1. The number of hydrogen-bond donors (Lipinski definition) is 1. The molecule has 1 aromatic heterocycles. The van der Waals surface area contributed by atoms with Gasteiger partial charge in [0.15, 0.2) is 18.0 Å². The highest BCUT2D eigenvalue weighted by atomic mass is 32.1. The smallest absolute Gasteiger partial charge is 0.264 e. The van der Waals surface area contributed by atoms with E-state index in [1.807, 2.05) is 18.2 Å². The predicted octanol–water partition coefficient (Wildman–Crippen LogP) is 3.56. The maximum Gasteiger partial charge on any atom is 0.264 e. The van der Waals surface area contributed by atoms with Gasteiger partial charge in [-0.15, -0.1) is 11.3 Å². The number of para-hydroxylation sites is 1. The molecule has 0 aliphatic carbocycles. The zero-order valence-corrected chi connectivity index (χ0v) is 14.2. The van der Waals surface area contributed by atoms with Crippen molar-refractivity contribution >= 4 is 28.7 Å². The molecule has 5 nitrogen and oxygen atoms in total. The fourth-order valence-electron chi connectivity index (χ4n) is 2.25. The van der Waals surface area contributed by atoms with Crippen LogP contribution in [0.2, 0.25) is 0 Å². The zero-order valence-electron chi connectivity index (χ0n) is 13.3. The zero-order chi connectivity index (χ0) is 17.5. The van der Waals surface area contributed by atoms with Gasteiger partial charge in [-0.1, -0.05) is 42.5 Å². The Hall–Kier alpha value is -2.99. The number of rotatable bonds is 7. The number of hydrogen-bond acceptors (Lipinski definition) is 5. The Morgan fingerprint density at radius 1 is 1.12 bits per heavy atom. The van der Waals surface area contributed by atoms with Gasteiger partial charge >= 0.3 is 0 Å². The van der Waals surface area contributed by atoms with E-state index in [0.717, 1.165) is 11.3 Å². The van der Waals surface area contributed by atoms with Gasteiger partial charge in [-0.2, -0.15) is 0 Å². The van der Waals surface area contributed by atoms with Gasteiger partial charge in [-0.3, -0.25) is 14.9 Å². The van der Waals surface area contributed by atoms with E-state index in [2.05, 4.69) is 22.4 Å². The van der Waals surface area contributed by atoms with Crippen LogP contribution in [0.1, 0.15) is 20.8 Å². The Morgan fingerprint density at radius 2 is 1.88 bits per heavy atom. The number of aromatic nitrogens is 1. The minimum Gasteiger partial charge on any atom is -0.483 e. The summed E-state index contributed by atoms with van der Waals surface area (Å²) in [5.41, 5.74) is 1.60. The number of benzene rings is 2. The van der Waals surface area contributed by atoms with Gasteiger partial charge in [0.1, 0.15) is 5.75 Å². The Bertz CT molecular complexity index is 862. The van der Waals surface area contributed by atoms with Crippen LogP contribution in [0.25, 0.3) is 0 Å². The second-order valence-electron chi connectivity index (χ2n) is 5.29. The molecule has 0 saturated heterocycles. The summed E-state index contributed by atoms with van der Waals surface area (Å²) in [5.74, 6) is 0.0675. The van der Waals surface area contributed by atoms with Crippen LogP contribution in [0.3, 0.4) is 0 Å². The molecule has 3 aromatic rings. The molecule has 0 fully saturated rings. The van der Waals surface area contributed by atoms with Crippen LogP contribution in [-0.4, -0.2) is 23.8 Å². The van der Waals surface area contributed by atoms with Crippen LogP contribution >= 0.6 is 11.3 Å². The minimum atomic E-state index is -0.318. The van der Waals surface area contributed by atoms with E-state index in [9.17, 15) is 9.59 Å². The summed E-state index contributed by atoms with van der Waals surface area (Å²) in [6.07, 6.45) is 3.23. The number of carbonyl (C=O) groups is 2. The second-order valence-corrected chi connectivity index (χ2v) is 6.40. The summed E-state index contributed by atoms with van der Waals surface area (Å²) >= 11 is 1.43. The largest absolute Gasteiger partial charge is 0.483 e. The van der Waals surface area contributed by atoms with Crippen molar-refractivity contribution in [2.24, 2.45) is 0 Å². The number of nitrogens with one attached hydrogen (secondary N) is 1. The fourth-order valence-corrected chi connectivity index (χ4v) is 3.11. The molecule has 0 aliphatic rings. The van der Waals surface area contributed by atoms with Crippen LogP contribution in [0.5, 0.6) is 5.75 Å². The molecular formula is C19H16N2O3S. The van der Waals surface area contributed by atoms with E-state index < -0.39 is 0 Å². The summed E-state index contributed by atoms with van der Waals surface area (Å²) < 4.78 is 5.40. The lowest BCUT2D eigenvalue weighted by Crippen LogP contribution is -2.20. The number of nitrogens with zero attached hydrogens (tertiary/aromatic N) is 1. The van der Waals surface area contributed by atoms with Crippen LogP contribution in [0, 0.1) is 0 Å². The molecule has 0 bridgehead atoms. The van der Waals surface area contributed by atoms with Crippen molar-refractivity contribution in [1.82, 2.24) is 4.98 Å². The Kier molecular flexibility index (Phi) is 5.53. The van der Waals surface area contributed by atoms with Crippen LogP contribution in [-0.2, 0) is 11.2 Å². The minimum absolute atomic E-state index is 0.182. The first kappa shape index (κ1) is 16.9. The molecule has 1 heterocycles. The van der Waals surface area contributed by atoms with Gasteiger partial charge in [0.25, 0.3) is 5.91 Å². The Morgan fingerprint density at radius 3 is 2.68 bits per heavy atom. The topological polar surface area (TPSA) is 68.3 Å². The highest BCUT2D eigenvalue weighted by molar-refractivity contribution is 7.15. The van der Waals surface area contributed by atoms with E-state index in [-0.39, 0.29) is 12.5 Å². The third kappa shape index (κ3) is 4.74. The number of carbonyl (C=O) groups excluding carboxylic acids is 2. The molecule has 25 heavy (non-hydrogen) atoms.